The number of carbonyl (C=O) groups is 2. The van der Waals surface area contributed by atoms with Crippen molar-refractivity contribution in [2.24, 2.45) is 34.0 Å². The zero-order chi connectivity index (χ0) is 26.0. The van der Waals surface area contributed by atoms with Gasteiger partial charge in [0, 0.05) is 24.3 Å². The first kappa shape index (κ1) is 25.9. The van der Waals surface area contributed by atoms with Crippen LogP contribution < -0.4 is 0 Å². The lowest BCUT2D eigenvalue weighted by molar-refractivity contribution is -0.187. The summed E-state index contributed by atoms with van der Waals surface area (Å²) in [5.74, 6) is -2.08. The average Bonchev–Trinajstić information content (AvgIpc) is 3.18. The number of fused-ring (bicyclic) bond motifs is 2. The van der Waals surface area contributed by atoms with Crippen LogP contribution in [0.5, 0.6) is 0 Å². The average molecular weight is 483 g/mol. The summed E-state index contributed by atoms with van der Waals surface area (Å²) in [4.78, 5) is 23.5. The summed E-state index contributed by atoms with van der Waals surface area (Å²) in [6, 6.07) is 0. The number of esters is 1. The van der Waals surface area contributed by atoms with Crippen molar-refractivity contribution in [3.05, 3.63) is 47.1 Å². The molecular formula is C30H42O5. The zero-order valence-corrected chi connectivity index (χ0v) is 22.2. The summed E-state index contributed by atoms with van der Waals surface area (Å²) in [5, 5.41) is 20.5. The maximum absolute atomic E-state index is 11.9. The SMILES string of the molecule is C=C(C)C1C=CC2=C3CCC(C)(C(C)CC4(O)C=C(C)C(=O)O4)C3(C)CCC2C1(C)CCC(=O)O. The van der Waals surface area contributed by atoms with Gasteiger partial charge in [0.2, 0.25) is 5.79 Å². The molecule has 0 aromatic heterocycles. The Morgan fingerprint density at radius 1 is 1.29 bits per heavy atom. The van der Waals surface area contributed by atoms with E-state index in [9.17, 15) is 19.8 Å². The maximum Gasteiger partial charge on any atom is 0.336 e. The molecule has 1 heterocycles. The van der Waals surface area contributed by atoms with Crippen LogP contribution in [0.3, 0.4) is 0 Å². The minimum absolute atomic E-state index is 0.0237. The molecule has 2 N–H and O–H groups in total. The van der Waals surface area contributed by atoms with Gasteiger partial charge < -0.3 is 14.9 Å². The number of carboxylic acids is 1. The molecule has 0 spiro atoms. The highest BCUT2D eigenvalue weighted by atomic mass is 16.7. The summed E-state index contributed by atoms with van der Waals surface area (Å²) in [6.45, 7) is 17.2. The van der Waals surface area contributed by atoms with Crippen LogP contribution in [-0.2, 0) is 14.3 Å². The molecule has 35 heavy (non-hydrogen) atoms. The van der Waals surface area contributed by atoms with Gasteiger partial charge in [-0.3, -0.25) is 4.79 Å². The normalized spacial score (nSPS) is 41.2. The van der Waals surface area contributed by atoms with Crippen molar-refractivity contribution in [2.45, 2.75) is 92.3 Å². The van der Waals surface area contributed by atoms with E-state index in [1.165, 1.54) is 11.1 Å². The van der Waals surface area contributed by atoms with Crippen molar-refractivity contribution in [1.82, 2.24) is 0 Å². The number of carboxylic acid groups (broad SMARTS) is 1. The van der Waals surface area contributed by atoms with Crippen molar-refractivity contribution < 1.29 is 24.5 Å². The number of aliphatic hydroxyl groups is 1. The minimum Gasteiger partial charge on any atom is -0.481 e. The number of allylic oxidation sites excluding steroid dienone is 5. The molecule has 5 heteroatoms. The molecule has 7 unspecified atom stereocenters. The van der Waals surface area contributed by atoms with E-state index in [-0.39, 0.29) is 34.5 Å². The molecule has 7 atom stereocenters. The monoisotopic (exact) mass is 482 g/mol. The van der Waals surface area contributed by atoms with Gasteiger partial charge in [-0.2, -0.15) is 0 Å². The third kappa shape index (κ3) is 3.94. The van der Waals surface area contributed by atoms with Crippen LogP contribution in [0.25, 0.3) is 0 Å². The van der Waals surface area contributed by atoms with E-state index in [0.717, 1.165) is 31.3 Å². The van der Waals surface area contributed by atoms with Crippen LogP contribution in [0.15, 0.2) is 47.1 Å². The molecular weight excluding hydrogens is 440 g/mol. The lowest BCUT2D eigenvalue weighted by Gasteiger charge is -2.55. The lowest BCUT2D eigenvalue weighted by atomic mass is 9.49. The van der Waals surface area contributed by atoms with Gasteiger partial charge >= 0.3 is 11.9 Å². The van der Waals surface area contributed by atoms with Crippen molar-refractivity contribution in [3.8, 4) is 0 Å². The number of cyclic esters (lactones) is 1. The smallest absolute Gasteiger partial charge is 0.336 e. The molecule has 0 aromatic rings. The first-order valence-electron chi connectivity index (χ1n) is 13.1. The Hall–Kier alpha value is -2.14. The molecule has 0 saturated heterocycles. The van der Waals surface area contributed by atoms with E-state index >= 15 is 0 Å². The van der Waals surface area contributed by atoms with Crippen LogP contribution in [0.4, 0.5) is 0 Å². The molecule has 5 nitrogen and oxygen atoms in total. The third-order valence-electron chi connectivity index (χ3n) is 10.6. The fourth-order valence-corrected chi connectivity index (χ4v) is 8.17. The van der Waals surface area contributed by atoms with E-state index in [0.29, 0.717) is 24.3 Å². The highest BCUT2D eigenvalue weighted by molar-refractivity contribution is 5.90. The zero-order valence-electron chi connectivity index (χ0n) is 22.2. The van der Waals surface area contributed by atoms with Gasteiger partial charge in [-0.05, 0) is 85.7 Å². The van der Waals surface area contributed by atoms with E-state index < -0.39 is 17.7 Å². The van der Waals surface area contributed by atoms with Crippen LogP contribution in [-0.4, -0.2) is 27.9 Å². The quantitative estimate of drug-likeness (QED) is 0.326. The van der Waals surface area contributed by atoms with E-state index in [2.05, 4.69) is 53.3 Å². The van der Waals surface area contributed by atoms with Crippen molar-refractivity contribution in [1.29, 1.82) is 0 Å². The van der Waals surface area contributed by atoms with Crippen LogP contribution in [0, 0.1) is 34.0 Å². The van der Waals surface area contributed by atoms with Crippen molar-refractivity contribution in [2.75, 3.05) is 0 Å². The predicted octanol–water partition coefficient (Wildman–Crippen LogP) is 6.35. The molecule has 0 aromatic carbocycles. The number of hydrogen-bond acceptors (Lipinski definition) is 4. The second kappa shape index (κ2) is 8.47. The first-order valence-corrected chi connectivity index (χ1v) is 13.1. The molecule has 0 bridgehead atoms. The van der Waals surface area contributed by atoms with Gasteiger partial charge in [-0.1, -0.05) is 57.6 Å². The van der Waals surface area contributed by atoms with Gasteiger partial charge in [-0.25, -0.2) is 4.79 Å². The molecule has 0 amide bonds. The van der Waals surface area contributed by atoms with E-state index in [1.54, 1.807) is 13.0 Å². The Kier molecular flexibility index (Phi) is 6.28. The van der Waals surface area contributed by atoms with Crippen LogP contribution in [0.2, 0.25) is 0 Å². The molecule has 1 saturated carbocycles. The summed E-state index contributed by atoms with van der Waals surface area (Å²) < 4.78 is 5.34. The van der Waals surface area contributed by atoms with Crippen molar-refractivity contribution in [3.63, 3.8) is 0 Å². The number of rotatable bonds is 7. The molecule has 192 valence electrons. The molecule has 4 aliphatic rings. The second-order valence-electron chi connectivity index (χ2n) is 12.5. The second-order valence-corrected chi connectivity index (χ2v) is 12.5. The Bertz CT molecular complexity index is 1050. The number of carbonyl (C=O) groups excluding carboxylic acids is 1. The number of hydrogen-bond donors (Lipinski definition) is 2. The standard InChI is InChI=1S/C30H42O5/c1-18(2)22-9-8-21-23(27(22,5)13-12-25(31)32)10-15-29(7)24(21)11-14-28(29,6)20(4)17-30(34)16-19(3)26(33)35-30/h8-9,16,20,22-23,34H,1,10-15,17H2,2-7H3,(H,31,32). The Morgan fingerprint density at radius 2 is 1.97 bits per heavy atom. The van der Waals surface area contributed by atoms with E-state index in [1.807, 2.05) is 0 Å². The molecule has 1 fully saturated rings. The van der Waals surface area contributed by atoms with Gasteiger partial charge in [0.1, 0.15) is 0 Å². The van der Waals surface area contributed by atoms with Gasteiger partial charge in [-0.15, -0.1) is 0 Å². The number of ether oxygens (including phenoxy) is 1. The maximum atomic E-state index is 11.9. The highest BCUT2D eigenvalue weighted by Crippen LogP contribution is 2.68. The largest absolute Gasteiger partial charge is 0.481 e. The van der Waals surface area contributed by atoms with Gasteiger partial charge in [0.25, 0.3) is 0 Å². The molecule has 3 aliphatic carbocycles. The topological polar surface area (TPSA) is 83.8 Å². The highest BCUT2D eigenvalue weighted by Gasteiger charge is 2.59. The fraction of sp³-hybridized carbons (Fsp3) is 0.667. The van der Waals surface area contributed by atoms with Gasteiger partial charge in [0.15, 0.2) is 0 Å². The summed E-state index contributed by atoms with van der Waals surface area (Å²) in [6.07, 6.45) is 11.4. The summed E-state index contributed by atoms with van der Waals surface area (Å²) in [5.41, 5.74) is 4.23. The van der Waals surface area contributed by atoms with Crippen LogP contribution in [0.1, 0.15) is 86.5 Å². The molecule has 1 aliphatic heterocycles. The van der Waals surface area contributed by atoms with Gasteiger partial charge in [0.05, 0.1) is 0 Å². The first-order chi connectivity index (χ1) is 16.2. The lowest BCUT2D eigenvalue weighted by Crippen LogP contribution is -2.47. The Balaban J connectivity index is 1.69. The summed E-state index contributed by atoms with van der Waals surface area (Å²) in [7, 11) is 0. The number of aliphatic carboxylic acids is 1. The third-order valence-corrected chi connectivity index (χ3v) is 10.6. The van der Waals surface area contributed by atoms with Crippen molar-refractivity contribution >= 4 is 11.9 Å². The Labute approximate surface area is 210 Å². The Morgan fingerprint density at radius 3 is 2.54 bits per heavy atom. The summed E-state index contributed by atoms with van der Waals surface area (Å²) >= 11 is 0. The fourth-order valence-electron chi connectivity index (χ4n) is 8.17. The van der Waals surface area contributed by atoms with Crippen LogP contribution >= 0.6 is 0 Å². The minimum atomic E-state index is -1.53. The predicted molar refractivity (Wildman–Crippen MR) is 136 cm³/mol. The van der Waals surface area contributed by atoms with E-state index in [4.69, 9.17) is 4.74 Å². The molecule has 0 radical (unpaired) electrons. The molecule has 4 rings (SSSR count).